The van der Waals surface area contributed by atoms with Crippen molar-refractivity contribution in [1.82, 2.24) is 5.32 Å². The van der Waals surface area contributed by atoms with Gasteiger partial charge in [0.25, 0.3) is 0 Å². The van der Waals surface area contributed by atoms with Crippen molar-refractivity contribution in [3.63, 3.8) is 0 Å². The Kier molecular flexibility index (Phi) is 5.03. The molecule has 1 unspecified atom stereocenters. The third-order valence-corrected chi connectivity index (χ3v) is 2.76. The van der Waals surface area contributed by atoms with Crippen molar-refractivity contribution in [2.24, 2.45) is 0 Å². The first kappa shape index (κ1) is 15.6. The van der Waals surface area contributed by atoms with Crippen LogP contribution in [0.3, 0.4) is 0 Å². The lowest BCUT2D eigenvalue weighted by Crippen LogP contribution is -2.48. The number of carbonyl (C=O) groups is 1. The largest absolute Gasteiger partial charge is 0.484 e. The minimum absolute atomic E-state index is 0.0875. The van der Waals surface area contributed by atoms with Crippen LogP contribution in [0.5, 0.6) is 5.75 Å². The zero-order chi connectivity index (χ0) is 15.3. The van der Waals surface area contributed by atoms with Crippen LogP contribution < -0.4 is 15.4 Å². The minimum atomic E-state index is -4.38. The van der Waals surface area contributed by atoms with Crippen LogP contribution in [0.15, 0.2) is 24.3 Å². The molecule has 1 aliphatic heterocycles. The van der Waals surface area contributed by atoms with Gasteiger partial charge >= 0.3 is 6.18 Å². The highest BCUT2D eigenvalue weighted by Gasteiger charge is 2.28. The lowest BCUT2D eigenvalue weighted by atomic mass is 10.2. The van der Waals surface area contributed by atoms with E-state index in [4.69, 9.17) is 4.74 Å². The quantitative estimate of drug-likeness (QED) is 0.886. The van der Waals surface area contributed by atoms with Crippen molar-refractivity contribution < 1.29 is 27.4 Å². The summed E-state index contributed by atoms with van der Waals surface area (Å²) >= 11 is 0. The summed E-state index contributed by atoms with van der Waals surface area (Å²) in [6.45, 7) is 0.109. The molecule has 2 N–H and O–H groups in total. The van der Waals surface area contributed by atoms with Crippen LogP contribution in [0.1, 0.15) is 0 Å². The van der Waals surface area contributed by atoms with Crippen molar-refractivity contribution in [1.29, 1.82) is 0 Å². The van der Waals surface area contributed by atoms with Crippen LogP contribution >= 0.6 is 0 Å². The second-order valence-corrected chi connectivity index (χ2v) is 4.50. The number of ether oxygens (including phenoxy) is 2. The zero-order valence-corrected chi connectivity index (χ0v) is 11.1. The first-order chi connectivity index (χ1) is 9.94. The molecule has 0 radical (unpaired) electrons. The van der Waals surface area contributed by atoms with Gasteiger partial charge in [0.05, 0.1) is 13.2 Å². The van der Waals surface area contributed by atoms with E-state index < -0.39 is 18.8 Å². The van der Waals surface area contributed by atoms with Gasteiger partial charge in [-0.3, -0.25) is 4.79 Å². The van der Waals surface area contributed by atoms with Gasteiger partial charge in [0.1, 0.15) is 11.8 Å². The fourth-order valence-corrected chi connectivity index (χ4v) is 1.76. The average molecular weight is 304 g/mol. The maximum atomic E-state index is 12.0. The van der Waals surface area contributed by atoms with Gasteiger partial charge in [-0.05, 0) is 24.3 Å². The summed E-state index contributed by atoms with van der Waals surface area (Å²) in [6, 6.07) is 5.26. The maximum absolute atomic E-state index is 12.0. The topological polar surface area (TPSA) is 59.6 Å². The normalized spacial score (nSPS) is 19.1. The number of hydrogen-bond acceptors (Lipinski definition) is 4. The molecule has 1 amide bonds. The summed E-state index contributed by atoms with van der Waals surface area (Å²) in [5.74, 6) is -0.164. The third-order valence-electron chi connectivity index (χ3n) is 2.76. The van der Waals surface area contributed by atoms with Gasteiger partial charge in [-0.25, -0.2) is 0 Å². The number of carbonyl (C=O) groups excluding carboxylic acids is 1. The van der Waals surface area contributed by atoms with Gasteiger partial charge in [0.15, 0.2) is 6.61 Å². The molecular weight excluding hydrogens is 289 g/mol. The Hall–Kier alpha value is -1.80. The van der Waals surface area contributed by atoms with Crippen molar-refractivity contribution >= 4 is 11.6 Å². The Morgan fingerprint density at radius 2 is 2.10 bits per heavy atom. The molecule has 0 bridgehead atoms. The van der Waals surface area contributed by atoms with E-state index in [1.807, 2.05) is 0 Å². The predicted octanol–water partition coefficient (Wildman–Crippen LogP) is 1.55. The highest BCUT2D eigenvalue weighted by Crippen LogP contribution is 2.20. The summed E-state index contributed by atoms with van der Waals surface area (Å²) in [5.41, 5.74) is 0.478. The molecule has 0 saturated carbocycles. The van der Waals surface area contributed by atoms with Crippen molar-refractivity contribution in [2.45, 2.75) is 12.2 Å². The molecule has 1 heterocycles. The summed E-state index contributed by atoms with van der Waals surface area (Å²) < 4.78 is 45.7. The SMILES string of the molecule is O=C(Nc1ccc(OCC(F)(F)F)cc1)C1COCCN1. The highest BCUT2D eigenvalue weighted by molar-refractivity contribution is 5.95. The molecule has 2 rings (SSSR count). The summed E-state index contributed by atoms with van der Waals surface area (Å²) in [7, 11) is 0. The van der Waals surface area contributed by atoms with Crippen molar-refractivity contribution in [2.75, 3.05) is 31.7 Å². The molecule has 0 aromatic heterocycles. The van der Waals surface area contributed by atoms with Gasteiger partial charge in [0, 0.05) is 12.2 Å². The number of hydrogen-bond donors (Lipinski definition) is 2. The monoisotopic (exact) mass is 304 g/mol. The number of benzene rings is 1. The van der Waals surface area contributed by atoms with Gasteiger partial charge in [0.2, 0.25) is 5.91 Å². The molecule has 1 saturated heterocycles. The fourth-order valence-electron chi connectivity index (χ4n) is 1.76. The Morgan fingerprint density at radius 1 is 1.38 bits per heavy atom. The van der Waals surface area contributed by atoms with Gasteiger partial charge in [-0.2, -0.15) is 13.2 Å². The van der Waals surface area contributed by atoms with Crippen molar-refractivity contribution in [3.05, 3.63) is 24.3 Å². The van der Waals surface area contributed by atoms with Crippen LogP contribution in [-0.4, -0.2) is 44.5 Å². The maximum Gasteiger partial charge on any atom is 0.422 e. The molecule has 1 fully saturated rings. The summed E-state index contributed by atoms with van der Waals surface area (Å²) in [6.07, 6.45) is -4.38. The summed E-state index contributed by atoms with van der Waals surface area (Å²) in [4.78, 5) is 11.9. The third kappa shape index (κ3) is 5.24. The van der Waals surface area contributed by atoms with Gasteiger partial charge in [-0.1, -0.05) is 0 Å². The van der Waals surface area contributed by atoms with Crippen LogP contribution in [-0.2, 0) is 9.53 Å². The molecular formula is C13H15F3N2O3. The molecule has 1 aromatic carbocycles. The first-order valence-corrected chi connectivity index (χ1v) is 6.36. The number of nitrogens with one attached hydrogen (secondary N) is 2. The fraction of sp³-hybridized carbons (Fsp3) is 0.462. The van der Waals surface area contributed by atoms with Crippen LogP contribution in [0.4, 0.5) is 18.9 Å². The summed E-state index contributed by atoms with van der Waals surface area (Å²) in [5, 5.41) is 5.65. The molecule has 8 heteroatoms. The predicted molar refractivity (Wildman–Crippen MR) is 69.2 cm³/mol. The van der Waals surface area contributed by atoms with Crippen LogP contribution in [0.25, 0.3) is 0 Å². The average Bonchev–Trinajstić information content (AvgIpc) is 2.46. The number of alkyl halides is 3. The molecule has 1 aromatic rings. The van der Waals surface area contributed by atoms with E-state index in [0.29, 0.717) is 25.4 Å². The number of anilines is 1. The van der Waals surface area contributed by atoms with E-state index in [9.17, 15) is 18.0 Å². The lowest BCUT2D eigenvalue weighted by Gasteiger charge is -2.22. The van der Waals surface area contributed by atoms with Crippen LogP contribution in [0.2, 0.25) is 0 Å². The van der Waals surface area contributed by atoms with E-state index in [0.717, 1.165) is 0 Å². The molecule has 0 aliphatic carbocycles. The second kappa shape index (κ2) is 6.77. The Balaban J connectivity index is 1.85. The number of morpholine rings is 1. The first-order valence-electron chi connectivity index (χ1n) is 6.36. The Morgan fingerprint density at radius 3 is 2.67 bits per heavy atom. The van der Waals surface area contributed by atoms with Gasteiger partial charge in [-0.15, -0.1) is 0 Å². The Labute approximate surface area is 119 Å². The molecule has 1 atom stereocenters. The highest BCUT2D eigenvalue weighted by atomic mass is 19.4. The molecule has 116 valence electrons. The Bertz CT molecular complexity index is 471. The van der Waals surface area contributed by atoms with Gasteiger partial charge < -0.3 is 20.1 Å². The number of rotatable bonds is 4. The molecule has 1 aliphatic rings. The standard InChI is InChI=1S/C13H15F3N2O3/c14-13(15,16)8-21-10-3-1-9(2-4-10)18-12(19)11-7-20-6-5-17-11/h1-4,11,17H,5-8H2,(H,18,19). The lowest BCUT2D eigenvalue weighted by molar-refractivity contribution is -0.153. The van der Waals surface area contributed by atoms with E-state index in [2.05, 4.69) is 15.4 Å². The van der Waals surface area contributed by atoms with Crippen LogP contribution in [0, 0.1) is 0 Å². The van der Waals surface area contributed by atoms with E-state index in [-0.39, 0.29) is 11.7 Å². The molecule has 0 spiro atoms. The number of halogens is 3. The van der Waals surface area contributed by atoms with E-state index >= 15 is 0 Å². The minimum Gasteiger partial charge on any atom is -0.484 e. The molecule has 5 nitrogen and oxygen atoms in total. The van der Waals surface area contributed by atoms with E-state index in [1.54, 1.807) is 0 Å². The second-order valence-electron chi connectivity index (χ2n) is 4.50. The smallest absolute Gasteiger partial charge is 0.422 e. The van der Waals surface area contributed by atoms with E-state index in [1.165, 1.54) is 24.3 Å². The number of amides is 1. The zero-order valence-electron chi connectivity index (χ0n) is 11.1. The van der Waals surface area contributed by atoms with Crippen molar-refractivity contribution in [3.8, 4) is 5.75 Å². The molecule has 21 heavy (non-hydrogen) atoms.